The average Bonchev–Trinajstić information content (AvgIpc) is 2.20. The maximum Gasteiger partial charge on any atom is 0.323 e. The molecule has 5 heteroatoms. The van der Waals surface area contributed by atoms with E-state index in [0.717, 1.165) is 18.6 Å². The summed E-state index contributed by atoms with van der Waals surface area (Å²) in [5.74, 6) is 0.318. The molecular weight excluding hydrogens is 214 g/mol. The van der Waals surface area contributed by atoms with Crippen molar-refractivity contribution < 1.29 is 14.7 Å². The van der Waals surface area contributed by atoms with E-state index in [0.29, 0.717) is 12.3 Å². The third-order valence-electron chi connectivity index (χ3n) is 1.93. The van der Waals surface area contributed by atoms with Crippen molar-refractivity contribution in [3.8, 4) is 0 Å². The van der Waals surface area contributed by atoms with Crippen molar-refractivity contribution in [3.05, 3.63) is 0 Å². The lowest BCUT2D eigenvalue weighted by molar-refractivity contribution is -0.143. The molecule has 0 atom stereocenters. The van der Waals surface area contributed by atoms with E-state index in [-0.39, 0.29) is 12.5 Å². The van der Waals surface area contributed by atoms with Gasteiger partial charge < -0.3 is 10.0 Å². The van der Waals surface area contributed by atoms with Crippen LogP contribution in [-0.2, 0) is 9.59 Å². The highest BCUT2D eigenvalue weighted by Gasteiger charge is 2.14. The summed E-state index contributed by atoms with van der Waals surface area (Å²) in [6, 6.07) is 0. The Morgan fingerprint density at radius 3 is 2.47 bits per heavy atom. The van der Waals surface area contributed by atoms with Gasteiger partial charge in [-0.15, -0.1) is 0 Å². The normalized spacial score (nSPS) is 10.0. The zero-order chi connectivity index (χ0) is 11.7. The van der Waals surface area contributed by atoms with Gasteiger partial charge in [0.1, 0.15) is 6.54 Å². The standard InChI is InChI=1S/C10H19NO3S/c1-3-5-6-15-8-9(12)11(4-2)7-10(13)14/h3-8H2,1-2H3,(H,13,14). The number of unbranched alkanes of at least 4 members (excludes halogenated alkanes) is 1. The van der Waals surface area contributed by atoms with E-state index in [1.807, 2.05) is 0 Å². The van der Waals surface area contributed by atoms with Gasteiger partial charge in [-0.3, -0.25) is 9.59 Å². The van der Waals surface area contributed by atoms with Gasteiger partial charge in [0.05, 0.1) is 5.75 Å². The number of nitrogens with zero attached hydrogens (tertiary/aromatic N) is 1. The molecular formula is C10H19NO3S. The van der Waals surface area contributed by atoms with E-state index < -0.39 is 5.97 Å². The second kappa shape index (κ2) is 8.59. The number of hydrogen-bond acceptors (Lipinski definition) is 3. The van der Waals surface area contributed by atoms with Crippen LogP contribution in [0.15, 0.2) is 0 Å². The summed E-state index contributed by atoms with van der Waals surface area (Å²) in [6.07, 6.45) is 2.22. The van der Waals surface area contributed by atoms with Gasteiger partial charge in [0, 0.05) is 6.54 Å². The Morgan fingerprint density at radius 1 is 1.33 bits per heavy atom. The quantitative estimate of drug-likeness (QED) is 0.645. The number of carbonyl (C=O) groups is 2. The van der Waals surface area contributed by atoms with Gasteiger partial charge in [-0.05, 0) is 19.1 Å². The Hall–Kier alpha value is -0.710. The maximum absolute atomic E-state index is 11.5. The van der Waals surface area contributed by atoms with Crippen LogP contribution >= 0.6 is 11.8 Å². The second-order valence-electron chi connectivity index (χ2n) is 3.21. The summed E-state index contributed by atoms with van der Waals surface area (Å²) in [5.41, 5.74) is 0. The van der Waals surface area contributed by atoms with Crippen LogP contribution in [0.4, 0.5) is 0 Å². The Morgan fingerprint density at radius 2 is 2.00 bits per heavy atom. The molecule has 1 amide bonds. The Balaban J connectivity index is 3.78. The first kappa shape index (κ1) is 14.3. The fourth-order valence-electron chi connectivity index (χ4n) is 1.04. The molecule has 0 unspecified atom stereocenters. The van der Waals surface area contributed by atoms with E-state index >= 15 is 0 Å². The zero-order valence-corrected chi connectivity index (χ0v) is 10.2. The van der Waals surface area contributed by atoms with Crippen LogP contribution < -0.4 is 0 Å². The fourth-order valence-corrected chi connectivity index (χ4v) is 2.03. The third-order valence-corrected chi connectivity index (χ3v) is 2.96. The molecule has 1 N–H and O–H groups in total. The molecule has 0 aliphatic heterocycles. The van der Waals surface area contributed by atoms with E-state index in [9.17, 15) is 9.59 Å². The summed E-state index contributed by atoms with van der Waals surface area (Å²) >= 11 is 1.57. The lowest BCUT2D eigenvalue weighted by Crippen LogP contribution is -2.36. The highest BCUT2D eigenvalue weighted by molar-refractivity contribution is 7.99. The summed E-state index contributed by atoms with van der Waals surface area (Å²) in [4.78, 5) is 23.3. The zero-order valence-electron chi connectivity index (χ0n) is 9.36. The van der Waals surface area contributed by atoms with Crippen molar-refractivity contribution >= 4 is 23.6 Å². The van der Waals surface area contributed by atoms with E-state index in [4.69, 9.17) is 5.11 Å². The minimum atomic E-state index is -0.955. The first-order chi connectivity index (χ1) is 7.11. The van der Waals surface area contributed by atoms with Crippen molar-refractivity contribution in [3.63, 3.8) is 0 Å². The number of hydrogen-bond donors (Lipinski definition) is 1. The summed E-state index contributed by atoms with van der Waals surface area (Å²) < 4.78 is 0. The lowest BCUT2D eigenvalue weighted by Gasteiger charge is -2.18. The maximum atomic E-state index is 11.5. The van der Waals surface area contributed by atoms with Crippen LogP contribution in [0.1, 0.15) is 26.7 Å². The number of carbonyl (C=O) groups excluding carboxylic acids is 1. The van der Waals surface area contributed by atoms with Gasteiger partial charge in [0.25, 0.3) is 0 Å². The van der Waals surface area contributed by atoms with E-state index in [2.05, 4.69) is 6.92 Å². The van der Waals surface area contributed by atoms with Gasteiger partial charge >= 0.3 is 5.97 Å². The predicted molar refractivity (Wildman–Crippen MR) is 62.1 cm³/mol. The molecule has 88 valence electrons. The second-order valence-corrected chi connectivity index (χ2v) is 4.31. The van der Waals surface area contributed by atoms with Gasteiger partial charge in [-0.25, -0.2) is 0 Å². The molecule has 0 aliphatic rings. The van der Waals surface area contributed by atoms with Crippen LogP contribution in [0.2, 0.25) is 0 Å². The molecule has 0 radical (unpaired) electrons. The van der Waals surface area contributed by atoms with Crippen LogP contribution in [0, 0.1) is 0 Å². The summed E-state index contributed by atoms with van der Waals surface area (Å²) in [6.45, 7) is 4.16. The molecule has 0 saturated carbocycles. The molecule has 0 aliphatic carbocycles. The van der Waals surface area contributed by atoms with Gasteiger partial charge in [0.15, 0.2) is 0 Å². The first-order valence-electron chi connectivity index (χ1n) is 5.19. The van der Waals surface area contributed by atoms with Crippen LogP contribution in [-0.4, -0.2) is 46.5 Å². The number of carboxylic acids is 1. The summed E-state index contributed by atoms with van der Waals surface area (Å²) in [7, 11) is 0. The molecule has 0 bridgehead atoms. The van der Waals surface area contributed by atoms with E-state index in [1.165, 1.54) is 4.90 Å². The van der Waals surface area contributed by atoms with Crippen molar-refractivity contribution in [1.82, 2.24) is 4.90 Å². The summed E-state index contributed by atoms with van der Waals surface area (Å²) in [5, 5.41) is 8.57. The fraction of sp³-hybridized carbons (Fsp3) is 0.800. The van der Waals surface area contributed by atoms with Crippen LogP contribution in [0.25, 0.3) is 0 Å². The van der Waals surface area contributed by atoms with Crippen molar-refractivity contribution in [2.45, 2.75) is 26.7 Å². The van der Waals surface area contributed by atoms with Crippen LogP contribution in [0.3, 0.4) is 0 Å². The molecule has 0 aromatic carbocycles. The van der Waals surface area contributed by atoms with E-state index in [1.54, 1.807) is 18.7 Å². The molecule has 15 heavy (non-hydrogen) atoms. The van der Waals surface area contributed by atoms with Gasteiger partial charge in [-0.1, -0.05) is 13.3 Å². The lowest BCUT2D eigenvalue weighted by atomic mass is 10.4. The minimum Gasteiger partial charge on any atom is -0.480 e. The average molecular weight is 233 g/mol. The number of rotatable bonds is 8. The van der Waals surface area contributed by atoms with Crippen molar-refractivity contribution in [1.29, 1.82) is 0 Å². The monoisotopic (exact) mass is 233 g/mol. The topological polar surface area (TPSA) is 57.6 Å². The molecule has 0 aromatic rings. The van der Waals surface area contributed by atoms with Gasteiger partial charge in [0.2, 0.25) is 5.91 Å². The molecule has 0 aromatic heterocycles. The Bertz CT molecular complexity index is 209. The Kier molecular flexibility index (Phi) is 8.18. The van der Waals surface area contributed by atoms with Crippen molar-refractivity contribution in [2.24, 2.45) is 0 Å². The van der Waals surface area contributed by atoms with Gasteiger partial charge in [-0.2, -0.15) is 11.8 Å². The highest BCUT2D eigenvalue weighted by atomic mass is 32.2. The largest absolute Gasteiger partial charge is 0.480 e. The highest BCUT2D eigenvalue weighted by Crippen LogP contribution is 2.06. The SMILES string of the molecule is CCCCSCC(=O)N(CC)CC(=O)O. The molecule has 0 saturated heterocycles. The Labute approximate surface area is 95.0 Å². The molecule has 4 nitrogen and oxygen atoms in total. The number of likely N-dealkylation sites (N-methyl/N-ethyl adjacent to an activating group) is 1. The smallest absolute Gasteiger partial charge is 0.323 e. The number of carboxylic acid groups (broad SMARTS) is 1. The first-order valence-corrected chi connectivity index (χ1v) is 6.34. The van der Waals surface area contributed by atoms with Crippen molar-refractivity contribution in [2.75, 3.05) is 24.6 Å². The number of amides is 1. The predicted octanol–water partition coefficient (Wildman–Crippen LogP) is 1.45. The van der Waals surface area contributed by atoms with Crippen LogP contribution in [0.5, 0.6) is 0 Å². The minimum absolute atomic E-state index is 0.0824. The molecule has 0 spiro atoms. The molecule has 0 fully saturated rings. The molecule has 0 rings (SSSR count). The number of thioether (sulfide) groups is 1. The molecule has 0 heterocycles. The number of aliphatic carboxylic acids is 1. The third kappa shape index (κ3) is 7.25.